The Labute approximate surface area is 133 Å². The predicted octanol–water partition coefficient (Wildman–Crippen LogP) is 1.70. The van der Waals surface area contributed by atoms with Gasteiger partial charge < -0.3 is 10.2 Å². The van der Waals surface area contributed by atoms with Crippen LogP contribution in [0.15, 0.2) is 12.2 Å². The second kappa shape index (κ2) is 8.16. The van der Waals surface area contributed by atoms with Crippen LogP contribution in [0.25, 0.3) is 0 Å². The summed E-state index contributed by atoms with van der Waals surface area (Å²) in [5.41, 5.74) is 1.15. The number of carbonyl (C=O) groups excluding carboxylic acids is 1. The van der Waals surface area contributed by atoms with Gasteiger partial charge in [0.2, 0.25) is 5.91 Å². The molecule has 1 heterocycles. The van der Waals surface area contributed by atoms with Crippen molar-refractivity contribution in [1.82, 2.24) is 15.1 Å². The standard InChI is InChI=1S/C16H28ClN3O/c1-13-11-15(17)4-3-14(13)12-16(21)18-5-6-20-9-7-19(2)8-10-20/h14-15H,1,3-12H2,2H3,(H,18,21). The van der Waals surface area contributed by atoms with Gasteiger partial charge in [-0.15, -0.1) is 11.6 Å². The Bertz CT molecular complexity index is 367. The molecule has 2 unspecified atom stereocenters. The highest BCUT2D eigenvalue weighted by Crippen LogP contribution is 2.33. The van der Waals surface area contributed by atoms with Crippen molar-refractivity contribution in [2.75, 3.05) is 46.3 Å². The maximum Gasteiger partial charge on any atom is 0.220 e. The molecule has 2 aliphatic rings. The number of carbonyl (C=O) groups is 1. The number of amides is 1. The van der Waals surface area contributed by atoms with Crippen molar-refractivity contribution >= 4 is 17.5 Å². The molecule has 2 fully saturated rings. The smallest absolute Gasteiger partial charge is 0.220 e. The molecule has 21 heavy (non-hydrogen) atoms. The quantitative estimate of drug-likeness (QED) is 0.620. The van der Waals surface area contributed by atoms with E-state index in [1.165, 1.54) is 0 Å². The summed E-state index contributed by atoms with van der Waals surface area (Å²) in [6.45, 7) is 10.2. The molecule has 2 atom stereocenters. The first kappa shape index (κ1) is 16.8. The van der Waals surface area contributed by atoms with Crippen LogP contribution in [0.2, 0.25) is 0 Å². The lowest BCUT2D eigenvalue weighted by Crippen LogP contribution is -2.47. The highest BCUT2D eigenvalue weighted by atomic mass is 35.5. The van der Waals surface area contributed by atoms with Crippen molar-refractivity contribution in [2.24, 2.45) is 5.92 Å². The Morgan fingerprint density at radius 3 is 2.71 bits per heavy atom. The average Bonchev–Trinajstić information content (AvgIpc) is 2.44. The molecule has 1 aliphatic carbocycles. The van der Waals surface area contributed by atoms with Crippen LogP contribution in [-0.4, -0.2) is 67.4 Å². The Balaban J connectivity index is 1.60. The van der Waals surface area contributed by atoms with E-state index in [0.717, 1.165) is 64.1 Å². The fraction of sp³-hybridized carbons (Fsp3) is 0.812. The van der Waals surface area contributed by atoms with Crippen LogP contribution in [0.5, 0.6) is 0 Å². The molecule has 2 rings (SSSR count). The summed E-state index contributed by atoms with van der Waals surface area (Å²) in [6.07, 6.45) is 3.44. The van der Waals surface area contributed by atoms with Gasteiger partial charge in [-0.3, -0.25) is 9.69 Å². The van der Waals surface area contributed by atoms with Gasteiger partial charge in [-0.2, -0.15) is 0 Å². The lowest BCUT2D eigenvalue weighted by molar-refractivity contribution is -0.121. The number of nitrogens with one attached hydrogen (secondary N) is 1. The second-order valence-electron chi connectivity index (χ2n) is 6.43. The van der Waals surface area contributed by atoms with E-state index in [9.17, 15) is 4.79 Å². The van der Waals surface area contributed by atoms with Gasteiger partial charge in [-0.05, 0) is 32.2 Å². The van der Waals surface area contributed by atoms with E-state index in [0.29, 0.717) is 12.3 Å². The number of hydrogen-bond acceptors (Lipinski definition) is 3. The van der Waals surface area contributed by atoms with Crippen LogP contribution in [0, 0.1) is 5.92 Å². The van der Waals surface area contributed by atoms with Crippen molar-refractivity contribution in [3.63, 3.8) is 0 Å². The Morgan fingerprint density at radius 2 is 2.05 bits per heavy atom. The summed E-state index contributed by atoms with van der Waals surface area (Å²) in [6, 6.07) is 0. The van der Waals surface area contributed by atoms with Gasteiger partial charge in [0.05, 0.1) is 0 Å². The molecule has 1 aliphatic heterocycles. The van der Waals surface area contributed by atoms with Gasteiger partial charge >= 0.3 is 0 Å². The molecule has 0 aromatic carbocycles. The van der Waals surface area contributed by atoms with Crippen LogP contribution in [0.1, 0.15) is 25.7 Å². The summed E-state index contributed by atoms with van der Waals surface area (Å²) in [7, 11) is 2.15. The monoisotopic (exact) mass is 313 g/mol. The predicted molar refractivity (Wildman–Crippen MR) is 87.7 cm³/mol. The number of halogens is 1. The van der Waals surface area contributed by atoms with Crippen LogP contribution in [0.4, 0.5) is 0 Å². The zero-order valence-electron chi connectivity index (χ0n) is 13.1. The Kier molecular flexibility index (Phi) is 6.52. The van der Waals surface area contributed by atoms with Gasteiger partial charge in [0.15, 0.2) is 0 Å². The minimum absolute atomic E-state index is 0.156. The molecular formula is C16H28ClN3O. The molecule has 120 valence electrons. The van der Waals surface area contributed by atoms with Crippen LogP contribution in [-0.2, 0) is 4.79 Å². The molecule has 4 nitrogen and oxygen atoms in total. The second-order valence-corrected chi connectivity index (χ2v) is 7.05. The van der Waals surface area contributed by atoms with Gasteiger partial charge in [-0.1, -0.05) is 12.2 Å². The lowest BCUT2D eigenvalue weighted by Gasteiger charge is -2.32. The fourth-order valence-electron chi connectivity index (χ4n) is 3.11. The molecule has 5 heteroatoms. The Morgan fingerprint density at radius 1 is 1.33 bits per heavy atom. The third kappa shape index (κ3) is 5.61. The third-order valence-electron chi connectivity index (χ3n) is 4.67. The number of alkyl halides is 1. The molecule has 1 N–H and O–H groups in total. The summed E-state index contributed by atoms with van der Waals surface area (Å²) < 4.78 is 0. The first-order valence-corrected chi connectivity index (χ1v) is 8.47. The molecule has 0 spiro atoms. The topological polar surface area (TPSA) is 35.6 Å². The number of nitrogens with zero attached hydrogens (tertiary/aromatic N) is 2. The van der Waals surface area contributed by atoms with Crippen molar-refractivity contribution in [3.05, 3.63) is 12.2 Å². The minimum atomic E-state index is 0.156. The normalized spacial score (nSPS) is 28.6. The molecule has 1 amide bonds. The zero-order chi connectivity index (χ0) is 15.2. The van der Waals surface area contributed by atoms with Crippen LogP contribution >= 0.6 is 11.6 Å². The van der Waals surface area contributed by atoms with Crippen LogP contribution in [0.3, 0.4) is 0 Å². The highest BCUT2D eigenvalue weighted by molar-refractivity contribution is 6.20. The van der Waals surface area contributed by atoms with E-state index in [1.807, 2.05) is 0 Å². The van der Waals surface area contributed by atoms with Crippen LogP contribution < -0.4 is 5.32 Å². The maximum atomic E-state index is 12.0. The van der Waals surface area contributed by atoms with Crippen molar-refractivity contribution in [2.45, 2.75) is 31.1 Å². The van der Waals surface area contributed by atoms with E-state index in [4.69, 9.17) is 11.6 Å². The average molecular weight is 314 g/mol. The number of allylic oxidation sites excluding steroid dienone is 1. The highest BCUT2D eigenvalue weighted by Gasteiger charge is 2.24. The molecule has 0 bridgehead atoms. The molecule has 0 radical (unpaired) electrons. The summed E-state index contributed by atoms with van der Waals surface area (Å²) >= 11 is 6.12. The van der Waals surface area contributed by atoms with E-state index in [1.54, 1.807) is 0 Å². The number of hydrogen-bond donors (Lipinski definition) is 1. The largest absolute Gasteiger partial charge is 0.355 e. The van der Waals surface area contributed by atoms with E-state index >= 15 is 0 Å². The molecule has 1 saturated carbocycles. The van der Waals surface area contributed by atoms with E-state index < -0.39 is 0 Å². The number of likely N-dealkylation sites (N-methyl/N-ethyl adjacent to an activating group) is 1. The fourth-order valence-corrected chi connectivity index (χ4v) is 3.43. The molecule has 0 aromatic heterocycles. The molecule has 1 saturated heterocycles. The minimum Gasteiger partial charge on any atom is -0.355 e. The van der Waals surface area contributed by atoms with Gasteiger partial charge in [0.25, 0.3) is 0 Å². The zero-order valence-corrected chi connectivity index (χ0v) is 13.9. The number of piperazine rings is 1. The molecular weight excluding hydrogens is 286 g/mol. The lowest BCUT2D eigenvalue weighted by atomic mass is 9.83. The van der Waals surface area contributed by atoms with Gasteiger partial charge in [-0.25, -0.2) is 0 Å². The van der Waals surface area contributed by atoms with Crippen molar-refractivity contribution in [1.29, 1.82) is 0 Å². The third-order valence-corrected chi connectivity index (χ3v) is 5.04. The first-order chi connectivity index (χ1) is 10.0. The van der Waals surface area contributed by atoms with E-state index in [2.05, 4.69) is 28.7 Å². The SMILES string of the molecule is C=C1CC(Cl)CCC1CC(=O)NCCN1CCN(C)CC1. The van der Waals surface area contributed by atoms with Gasteiger partial charge in [0, 0.05) is 51.1 Å². The Hall–Kier alpha value is -0.580. The summed E-state index contributed by atoms with van der Waals surface area (Å²) in [5, 5.41) is 3.27. The molecule has 0 aromatic rings. The summed E-state index contributed by atoms with van der Waals surface area (Å²) in [5.74, 6) is 0.479. The first-order valence-electron chi connectivity index (χ1n) is 8.04. The van der Waals surface area contributed by atoms with E-state index in [-0.39, 0.29) is 11.3 Å². The number of rotatable bonds is 5. The van der Waals surface area contributed by atoms with Crippen molar-refractivity contribution < 1.29 is 4.79 Å². The van der Waals surface area contributed by atoms with Gasteiger partial charge in [0.1, 0.15) is 0 Å². The summed E-state index contributed by atoms with van der Waals surface area (Å²) in [4.78, 5) is 16.8. The maximum absolute atomic E-state index is 12.0. The van der Waals surface area contributed by atoms with Crippen molar-refractivity contribution in [3.8, 4) is 0 Å².